The lowest BCUT2D eigenvalue weighted by Gasteiger charge is -2.27. The van der Waals surface area contributed by atoms with Crippen molar-refractivity contribution in [2.24, 2.45) is 5.41 Å². The number of amides is 2. The maximum absolute atomic E-state index is 11.9. The van der Waals surface area contributed by atoms with E-state index in [1.165, 1.54) is 0 Å². The fourth-order valence-corrected chi connectivity index (χ4v) is 1.86. The Morgan fingerprint density at radius 1 is 1.30 bits per heavy atom. The van der Waals surface area contributed by atoms with Gasteiger partial charge in [0.2, 0.25) is 0 Å². The molecule has 0 aliphatic carbocycles. The third kappa shape index (κ3) is 4.13. The predicted octanol–water partition coefficient (Wildman–Crippen LogP) is 3.27. The van der Waals surface area contributed by atoms with Crippen molar-refractivity contribution in [3.05, 3.63) is 28.8 Å². The molecule has 1 aromatic rings. The van der Waals surface area contributed by atoms with E-state index < -0.39 is 23.5 Å². The van der Waals surface area contributed by atoms with Crippen LogP contribution in [0, 0.1) is 12.3 Å². The van der Waals surface area contributed by atoms with E-state index >= 15 is 0 Å². The minimum Gasteiger partial charge on any atom is -0.480 e. The van der Waals surface area contributed by atoms with Crippen LogP contribution < -0.4 is 10.6 Å². The molecule has 0 saturated carbocycles. The maximum Gasteiger partial charge on any atom is 0.326 e. The highest BCUT2D eigenvalue weighted by Gasteiger charge is 2.32. The molecule has 1 aromatic carbocycles. The zero-order valence-corrected chi connectivity index (χ0v) is 12.7. The number of anilines is 1. The van der Waals surface area contributed by atoms with Crippen LogP contribution in [0.2, 0.25) is 5.02 Å². The highest BCUT2D eigenvalue weighted by molar-refractivity contribution is 6.31. The van der Waals surface area contributed by atoms with Crippen LogP contribution in [-0.4, -0.2) is 23.1 Å². The minimum absolute atomic E-state index is 0.536. The summed E-state index contributed by atoms with van der Waals surface area (Å²) in [6, 6.07) is 3.58. The maximum atomic E-state index is 11.9. The van der Waals surface area contributed by atoms with E-state index in [4.69, 9.17) is 16.7 Å². The summed E-state index contributed by atoms with van der Waals surface area (Å²) in [4.78, 5) is 23.1. The summed E-state index contributed by atoms with van der Waals surface area (Å²) in [6.45, 7) is 7.01. The lowest BCUT2D eigenvalue weighted by Crippen LogP contribution is -2.50. The van der Waals surface area contributed by atoms with Gasteiger partial charge in [-0.25, -0.2) is 9.59 Å². The van der Waals surface area contributed by atoms with Gasteiger partial charge >= 0.3 is 12.0 Å². The first kappa shape index (κ1) is 16.3. The van der Waals surface area contributed by atoms with Gasteiger partial charge in [0.05, 0.1) is 0 Å². The van der Waals surface area contributed by atoms with Crippen molar-refractivity contribution in [2.75, 3.05) is 5.32 Å². The Bertz CT molecular complexity index is 524. The number of carboxylic acid groups (broad SMARTS) is 1. The van der Waals surface area contributed by atoms with Crippen LogP contribution in [0.25, 0.3) is 0 Å². The number of carbonyl (C=O) groups excluding carboxylic acids is 1. The van der Waals surface area contributed by atoms with Crippen molar-refractivity contribution in [3.63, 3.8) is 0 Å². The largest absolute Gasteiger partial charge is 0.480 e. The summed E-state index contributed by atoms with van der Waals surface area (Å²) in [5.41, 5.74) is 0.687. The van der Waals surface area contributed by atoms with Crippen molar-refractivity contribution < 1.29 is 14.7 Å². The first-order chi connectivity index (χ1) is 9.12. The first-order valence-electron chi connectivity index (χ1n) is 6.18. The number of benzene rings is 1. The number of urea groups is 1. The lowest BCUT2D eigenvalue weighted by atomic mass is 9.87. The molecule has 0 bridgehead atoms. The van der Waals surface area contributed by atoms with Gasteiger partial charge in [0.25, 0.3) is 0 Å². The average molecular weight is 299 g/mol. The Hall–Kier alpha value is -1.75. The monoisotopic (exact) mass is 298 g/mol. The van der Waals surface area contributed by atoms with Crippen LogP contribution in [0.5, 0.6) is 0 Å². The van der Waals surface area contributed by atoms with Gasteiger partial charge in [-0.05, 0) is 30.0 Å². The van der Waals surface area contributed by atoms with Gasteiger partial charge in [-0.15, -0.1) is 0 Å². The molecule has 0 spiro atoms. The molecule has 20 heavy (non-hydrogen) atoms. The summed E-state index contributed by atoms with van der Waals surface area (Å²) in [6.07, 6.45) is 0. The van der Waals surface area contributed by atoms with E-state index in [0.717, 1.165) is 5.56 Å². The molecule has 0 saturated heterocycles. The predicted molar refractivity (Wildman–Crippen MR) is 79.2 cm³/mol. The Morgan fingerprint density at radius 3 is 2.40 bits per heavy atom. The molecule has 3 N–H and O–H groups in total. The van der Waals surface area contributed by atoms with E-state index in [1.54, 1.807) is 45.9 Å². The Labute approximate surface area is 123 Å². The molecule has 5 nitrogen and oxygen atoms in total. The van der Waals surface area contributed by atoms with Crippen LogP contribution in [0.1, 0.15) is 26.3 Å². The van der Waals surface area contributed by atoms with E-state index in [1.807, 2.05) is 0 Å². The second kappa shape index (κ2) is 6.13. The zero-order chi connectivity index (χ0) is 15.5. The zero-order valence-electron chi connectivity index (χ0n) is 12.0. The van der Waals surface area contributed by atoms with Crippen LogP contribution in [-0.2, 0) is 4.79 Å². The molecule has 0 fully saturated rings. The summed E-state index contributed by atoms with van der Waals surface area (Å²) in [5.74, 6) is -1.07. The highest BCUT2D eigenvalue weighted by Crippen LogP contribution is 2.23. The molecule has 6 heteroatoms. The fraction of sp³-hybridized carbons (Fsp3) is 0.429. The molecular weight excluding hydrogens is 280 g/mol. The van der Waals surface area contributed by atoms with Gasteiger partial charge in [0.15, 0.2) is 0 Å². The second-order valence-corrected chi connectivity index (χ2v) is 6.06. The van der Waals surface area contributed by atoms with Crippen LogP contribution >= 0.6 is 11.6 Å². The second-order valence-electron chi connectivity index (χ2n) is 5.65. The molecule has 0 heterocycles. The van der Waals surface area contributed by atoms with Gasteiger partial charge in [0.1, 0.15) is 6.04 Å². The number of carboxylic acids is 1. The summed E-state index contributed by atoms with van der Waals surface area (Å²) in [7, 11) is 0. The van der Waals surface area contributed by atoms with Crippen molar-refractivity contribution in [1.29, 1.82) is 0 Å². The van der Waals surface area contributed by atoms with Crippen molar-refractivity contribution >= 4 is 29.3 Å². The number of rotatable bonds is 3. The van der Waals surface area contributed by atoms with Crippen molar-refractivity contribution in [1.82, 2.24) is 5.32 Å². The smallest absolute Gasteiger partial charge is 0.326 e. The molecule has 1 unspecified atom stereocenters. The van der Waals surface area contributed by atoms with Crippen LogP contribution in [0.4, 0.5) is 10.5 Å². The average Bonchev–Trinajstić information content (AvgIpc) is 2.30. The van der Waals surface area contributed by atoms with Crippen molar-refractivity contribution in [3.8, 4) is 0 Å². The van der Waals surface area contributed by atoms with E-state index in [0.29, 0.717) is 10.7 Å². The van der Waals surface area contributed by atoms with Gasteiger partial charge in [-0.2, -0.15) is 0 Å². The lowest BCUT2D eigenvalue weighted by molar-refractivity contribution is -0.141. The molecule has 0 aromatic heterocycles. The molecule has 0 aliphatic rings. The Kier molecular flexibility index (Phi) is 5.00. The first-order valence-corrected chi connectivity index (χ1v) is 6.56. The molecule has 0 aliphatic heterocycles. The summed E-state index contributed by atoms with van der Waals surface area (Å²) >= 11 is 5.96. The molecule has 110 valence electrons. The fourth-order valence-electron chi connectivity index (χ4n) is 1.68. The van der Waals surface area contributed by atoms with Crippen molar-refractivity contribution in [2.45, 2.75) is 33.7 Å². The number of hydrogen-bond acceptors (Lipinski definition) is 2. The number of halogens is 1. The van der Waals surface area contributed by atoms with Crippen LogP contribution in [0.15, 0.2) is 18.2 Å². The third-order valence-electron chi connectivity index (χ3n) is 2.90. The van der Waals surface area contributed by atoms with Gasteiger partial charge in [-0.3, -0.25) is 0 Å². The number of aliphatic carboxylic acids is 1. The summed E-state index contributed by atoms with van der Waals surface area (Å²) in [5, 5.41) is 14.8. The van der Waals surface area contributed by atoms with E-state index in [2.05, 4.69) is 10.6 Å². The van der Waals surface area contributed by atoms with Gasteiger partial charge in [0, 0.05) is 10.7 Å². The quantitative estimate of drug-likeness (QED) is 0.801. The van der Waals surface area contributed by atoms with Crippen LogP contribution in [0.3, 0.4) is 0 Å². The minimum atomic E-state index is -1.07. The highest BCUT2D eigenvalue weighted by atomic mass is 35.5. The molecule has 1 atom stereocenters. The molecule has 1 rings (SSSR count). The molecule has 0 radical (unpaired) electrons. The van der Waals surface area contributed by atoms with Gasteiger partial charge in [-0.1, -0.05) is 38.4 Å². The third-order valence-corrected chi connectivity index (χ3v) is 3.31. The SMILES string of the molecule is Cc1c(Cl)cccc1NC(=O)NC(C(=O)O)C(C)(C)C. The Morgan fingerprint density at radius 2 is 1.90 bits per heavy atom. The molecular formula is C14H19ClN2O3. The topological polar surface area (TPSA) is 78.4 Å². The Balaban J connectivity index is 2.82. The van der Waals surface area contributed by atoms with E-state index in [-0.39, 0.29) is 0 Å². The molecule has 2 amide bonds. The number of nitrogens with one attached hydrogen (secondary N) is 2. The number of hydrogen-bond donors (Lipinski definition) is 3. The van der Waals surface area contributed by atoms with E-state index in [9.17, 15) is 9.59 Å². The standard InChI is InChI=1S/C14H19ClN2O3/c1-8-9(15)6-5-7-10(8)16-13(20)17-11(12(18)19)14(2,3)4/h5-7,11H,1-4H3,(H,18,19)(H2,16,17,20). The normalized spacial score (nSPS) is 12.7. The number of carbonyl (C=O) groups is 2. The van der Waals surface area contributed by atoms with Gasteiger partial charge < -0.3 is 15.7 Å². The summed E-state index contributed by atoms with van der Waals surface area (Å²) < 4.78 is 0.